The molecule has 0 fully saturated rings. The van der Waals surface area contributed by atoms with Crippen LogP contribution in [0.25, 0.3) is 6.08 Å². The lowest BCUT2D eigenvalue weighted by Gasteiger charge is -2.07. The Morgan fingerprint density at radius 2 is 2.03 bits per heavy atom. The summed E-state index contributed by atoms with van der Waals surface area (Å²) in [4.78, 5) is 31.0. The summed E-state index contributed by atoms with van der Waals surface area (Å²) < 4.78 is 5.12. The lowest BCUT2D eigenvalue weighted by atomic mass is 10.1. The number of benzene rings is 2. The van der Waals surface area contributed by atoms with Crippen LogP contribution >= 0.6 is 11.8 Å². The van der Waals surface area contributed by atoms with E-state index in [1.54, 1.807) is 37.5 Å². The van der Waals surface area contributed by atoms with Crippen molar-refractivity contribution in [1.82, 2.24) is 9.97 Å². The average Bonchev–Trinajstić information content (AvgIpc) is 2.75. The Balaban J connectivity index is 1.58. The molecule has 154 valence electrons. The lowest BCUT2D eigenvalue weighted by Crippen LogP contribution is -2.17. The fourth-order valence-corrected chi connectivity index (χ4v) is 3.28. The average molecular weight is 423 g/mol. The molecule has 3 N–H and O–H groups in total. The minimum Gasteiger partial charge on any atom is -0.497 e. The van der Waals surface area contributed by atoms with Gasteiger partial charge in [-0.25, -0.2) is 0 Å². The van der Waals surface area contributed by atoms with Crippen LogP contribution in [0, 0.1) is 0 Å². The summed E-state index contributed by atoms with van der Waals surface area (Å²) >= 11 is 1.03. The van der Waals surface area contributed by atoms with Crippen molar-refractivity contribution in [2.24, 2.45) is 0 Å². The molecule has 0 spiro atoms. The predicted molar refractivity (Wildman–Crippen MR) is 118 cm³/mol. The number of rotatable bonds is 8. The molecule has 2 aromatic carbocycles. The molecule has 3 aromatic rings. The maximum Gasteiger partial charge on any atom is 0.258 e. The molecule has 0 atom stereocenters. The molecule has 0 bridgehead atoms. The second-order valence-corrected chi connectivity index (χ2v) is 7.22. The highest BCUT2D eigenvalue weighted by molar-refractivity contribution is 7.99. The fraction of sp³-hybridized carbons (Fsp3) is 0.136. The second-order valence-electron chi connectivity index (χ2n) is 6.26. The van der Waals surface area contributed by atoms with E-state index in [-0.39, 0.29) is 34.7 Å². The summed E-state index contributed by atoms with van der Waals surface area (Å²) in [5.74, 6) is 0.0399. The molecule has 0 unspecified atom stereocenters. The van der Waals surface area contributed by atoms with Gasteiger partial charge in [-0.15, -0.1) is 0 Å². The first-order valence-corrected chi connectivity index (χ1v) is 10.1. The number of carbonyl (C=O) groups is 1. The number of nitrogens with zero attached hydrogens (tertiary/aromatic N) is 1. The maximum absolute atomic E-state index is 12.3. The molecule has 0 aliphatic rings. The highest BCUT2D eigenvalue weighted by atomic mass is 32.2. The number of allylic oxidation sites excluding steroid dienone is 1. The summed E-state index contributed by atoms with van der Waals surface area (Å²) in [6.45, 7) is 0. The summed E-state index contributed by atoms with van der Waals surface area (Å²) in [6, 6.07) is 16.6. The smallest absolute Gasteiger partial charge is 0.258 e. The number of ether oxygens (including phenoxy) is 1. The molecule has 1 aromatic heterocycles. The van der Waals surface area contributed by atoms with E-state index >= 15 is 0 Å². The van der Waals surface area contributed by atoms with E-state index in [2.05, 4.69) is 15.3 Å². The van der Waals surface area contributed by atoms with Gasteiger partial charge in [-0.1, -0.05) is 60.3 Å². The number of nitrogens with one attached hydrogen (secondary N) is 2. The summed E-state index contributed by atoms with van der Waals surface area (Å²) in [7, 11) is 1.55. The number of amides is 1. The van der Waals surface area contributed by atoms with Crippen LogP contribution in [-0.2, 0) is 11.2 Å². The van der Waals surface area contributed by atoms with Gasteiger partial charge in [0.15, 0.2) is 5.16 Å². The molecular formula is C22H21N3O4S. The Morgan fingerprint density at radius 3 is 2.77 bits per heavy atom. The molecule has 7 nitrogen and oxygen atoms in total. The maximum atomic E-state index is 12.3. The Labute approximate surface area is 177 Å². The molecule has 0 saturated heterocycles. The number of H-pyrrole nitrogens is 1. The number of aromatic amines is 1. The first-order valence-electron chi connectivity index (χ1n) is 9.15. The van der Waals surface area contributed by atoms with E-state index in [1.165, 1.54) is 0 Å². The molecule has 1 heterocycles. The van der Waals surface area contributed by atoms with Gasteiger partial charge >= 0.3 is 0 Å². The third kappa shape index (κ3) is 5.99. The van der Waals surface area contributed by atoms with Crippen molar-refractivity contribution < 1.29 is 14.6 Å². The number of thioether (sulfide) groups is 1. The van der Waals surface area contributed by atoms with Crippen LogP contribution in [0.15, 0.2) is 70.6 Å². The number of aromatic nitrogens is 2. The Bertz CT molecular complexity index is 1100. The largest absolute Gasteiger partial charge is 0.497 e. The van der Waals surface area contributed by atoms with E-state index in [0.29, 0.717) is 11.4 Å². The third-order valence-corrected chi connectivity index (χ3v) is 4.97. The van der Waals surface area contributed by atoms with Crippen molar-refractivity contribution in [1.29, 1.82) is 0 Å². The van der Waals surface area contributed by atoms with Gasteiger partial charge in [-0.2, -0.15) is 4.98 Å². The van der Waals surface area contributed by atoms with Crippen LogP contribution in [0.2, 0.25) is 0 Å². The molecule has 0 radical (unpaired) electrons. The minimum atomic E-state index is -0.434. The van der Waals surface area contributed by atoms with E-state index in [9.17, 15) is 14.7 Å². The second kappa shape index (κ2) is 10.3. The van der Waals surface area contributed by atoms with Crippen molar-refractivity contribution in [3.05, 3.63) is 82.2 Å². The van der Waals surface area contributed by atoms with Gasteiger partial charge in [0.2, 0.25) is 11.8 Å². The minimum absolute atomic E-state index is 0.0207. The molecule has 0 aliphatic carbocycles. The van der Waals surface area contributed by atoms with E-state index in [1.807, 2.05) is 36.4 Å². The topological polar surface area (TPSA) is 104 Å². The van der Waals surface area contributed by atoms with Gasteiger partial charge in [0.1, 0.15) is 5.75 Å². The normalized spacial score (nSPS) is 10.8. The number of anilines is 1. The van der Waals surface area contributed by atoms with Crippen LogP contribution in [0.1, 0.15) is 11.1 Å². The van der Waals surface area contributed by atoms with Gasteiger partial charge in [-0.3, -0.25) is 9.59 Å². The predicted octanol–water partition coefficient (Wildman–Crippen LogP) is 3.47. The molecular weight excluding hydrogens is 402 g/mol. The summed E-state index contributed by atoms with van der Waals surface area (Å²) in [5, 5.41) is 13.0. The number of methoxy groups -OCH3 is 1. The quantitative estimate of drug-likeness (QED) is 0.379. The summed E-state index contributed by atoms with van der Waals surface area (Å²) in [5.41, 5.74) is 1.34. The highest BCUT2D eigenvalue weighted by Crippen LogP contribution is 2.19. The van der Waals surface area contributed by atoms with Crippen LogP contribution < -0.4 is 15.6 Å². The number of carbonyl (C=O) groups excluding carboxylic acids is 1. The number of hydrogen-bond donors (Lipinski definition) is 3. The zero-order chi connectivity index (χ0) is 21.3. The fourth-order valence-electron chi connectivity index (χ4n) is 2.63. The molecule has 0 saturated carbocycles. The standard InChI is InChI=1S/C22H21N3O4S/c1-29-17-11-6-10-16(13-17)23-19(26)14-30-22-24-20(27)18(21(28)25-22)12-5-9-15-7-3-2-4-8-15/h2-11,13H,12,14H2,1H3,(H,23,26)(H2,24,25,27,28)/b9-5+. The van der Waals surface area contributed by atoms with Gasteiger partial charge in [0.25, 0.3) is 5.56 Å². The Kier molecular flexibility index (Phi) is 7.29. The van der Waals surface area contributed by atoms with Gasteiger partial charge in [0.05, 0.1) is 18.4 Å². The molecule has 8 heteroatoms. The van der Waals surface area contributed by atoms with E-state index in [4.69, 9.17) is 4.74 Å². The Morgan fingerprint density at radius 1 is 1.23 bits per heavy atom. The SMILES string of the molecule is COc1cccc(NC(=O)CSc2nc(O)c(C/C=C/c3ccccc3)c(=O)[nH]2)c1. The van der Waals surface area contributed by atoms with Crippen LogP contribution in [0.4, 0.5) is 5.69 Å². The van der Waals surface area contributed by atoms with Gasteiger partial charge in [-0.05, 0) is 17.7 Å². The van der Waals surface area contributed by atoms with Crippen molar-refractivity contribution in [3.63, 3.8) is 0 Å². The van der Waals surface area contributed by atoms with Crippen LogP contribution in [-0.4, -0.2) is 33.8 Å². The zero-order valence-corrected chi connectivity index (χ0v) is 17.1. The zero-order valence-electron chi connectivity index (χ0n) is 16.3. The number of hydrogen-bond acceptors (Lipinski definition) is 6. The highest BCUT2D eigenvalue weighted by Gasteiger charge is 2.12. The molecule has 3 rings (SSSR count). The first-order chi connectivity index (χ1) is 14.5. The van der Waals surface area contributed by atoms with Crippen molar-refractivity contribution in [3.8, 4) is 11.6 Å². The molecule has 0 aliphatic heterocycles. The Hall–Kier alpha value is -3.52. The first kappa shape index (κ1) is 21.2. The lowest BCUT2D eigenvalue weighted by molar-refractivity contribution is -0.113. The van der Waals surface area contributed by atoms with E-state index in [0.717, 1.165) is 17.3 Å². The van der Waals surface area contributed by atoms with Gasteiger partial charge < -0.3 is 20.1 Å². The van der Waals surface area contributed by atoms with Crippen molar-refractivity contribution >= 4 is 29.4 Å². The summed E-state index contributed by atoms with van der Waals surface area (Å²) in [6.07, 6.45) is 3.89. The van der Waals surface area contributed by atoms with E-state index < -0.39 is 5.56 Å². The van der Waals surface area contributed by atoms with Crippen molar-refractivity contribution in [2.45, 2.75) is 11.6 Å². The monoisotopic (exact) mass is 423 g/mol. The van der Waals surface area contributed by atoms with Gasteiger partial charge in [0, 0.05) is 18.2 Å². The van der Waals surface area contributed by atoms with Crippen LogP contribution in [0.5, 0.6) is 11.6 Å². The van der Waals surface area contributed by atoms with Crippen LogP contribution in [0.3, 0.4) is 0 Å². The molecule has 1 amide bonds. The third-order valence-electron chi connectivity index (χ3n) is 4.10. The van der Waals surface area contributed by atoms with Crippen molar-refractivity contribution in [2.75, 3.05) is 18.2 Å². The molecule has 30 heavy (non-hydrogen) atoms. The number of aromatic hydroxyl groups is 1.